The highest BCUT2D eigenvalue weighted by atomic mass is 16.2. The number of carbonyl (C=O) groups is 2. The molecule has 3 N–H and O–H groups in total. The smallest absolute Gasteiger partial charge is 0.234 e. The first-order valence-corrected chi connectivity index (χ1v) is 8.09. The molecule has 1 aliphatic rings. The molecule has 0 bridgehead atoms. The summed E-state index contributed by atoms with van der Waals surface area (Å²) in [7, 11) is 0. The van der Waals surface area contributed by atoms with E-state index in [1.165, 1.54) is 0 Å². The lowest BCUT2D eigenvalue weighted by Crippen LogP contribution is -2.51. The lowest BCUT2D eigenvalue weighted by Gasteiger charge is -2.34. The summed E-state index contributed by atoms with van der Waals surface area (Å²) in [6.45, 7) is 8.17. The molecule has 21 heavy (non-hydrogen) atoms. The van der Waals surface area contributed by atoms with Crippen molar-refractivity contribution in [2.45, 2.75) is 45.6 Å². The van der Waals surface area contributed by atoms with Crippen molar-refractivity contribution in [3.8, 4) is 0 Å². The number of hydrogen-bond acceptors (Lipinski definition) is 4. The monoisotopic (exact) mass is 298 g/mol. The van der Waals surface area contributed by atoms with Gasteiger partial charge in [-0.2, -0.15) is 0 Å². The normalized spacial score (nSPS) is 17.6. The van der Waals surface area contributed by atoms with Crippen molar-refractivity contribution in [2.24, 2.45) is 5.73 Å². The van der Waals surface area contributed by atoms with Gasteiger partial charge in [0.15, 0.2) is 0 Å². The summed E-state index contributed by atoms with van der Waals surface area (Å²) in [5.41, 5.74) is 5.92. The summed E-state index contributed by atoms with van der Waals surface area (Å²) in [5, 5.41) is 2.88. The highest BCUT2D eigenvalue weighted by Gasteiger charge is 2.23. The van der Waals surface area contributed by atoms with Gasteiger partial charge >= 0.3 is 0 Å². The van der Waals surface area contributed by atoms with Gasteiger partial charge in [-0.1, -0.05) is 20.3 Å². The zero-order chi connectivity index (χ0) is 15.7. The van der Waals surface area contributed by atoms with E-state index in [9.17, 15) is 9.59 Å². The first-order chi connectivity index (χ1) is 10.1. The third-order valence-electron chi connectivity index (χ3n) is 3.76. The van der Waals surface area contributed by atoms with E-state index in [2.05, 4.69) is 17.1 Å². The van der Waals surface area contributed by atoms with Gasteiger partial charge in [-0.25, -0.2) is 0 Å². The number of amides is 2. The van der Waals surface area contributed by atoms with Crippen LogP contribution in [0.25, 0.3) is 0 Å². The lowest BCUT2D eigenvalue weighted by atomic mass is 10.1. The molecule has 1 unspecified atom stereocenters. The van der Waals surface area contributed by atoms with Crippen molar-refractivity contribution < 1.29 is 9.59 Å². The quantitative estimate of drug-likeness (QED) is 0.670. The van der Waals surface area contributed by atoms with E-state index in [-0.39, 0.29) is 17.9 Å². The largest absolute Gasteiger partial charge is 0.355 e. The molecule has 1 atom stereocenters. The molecular weight excluding hydrogens is 268 g/mol. The second kappa shape index (κ2) is 9.73. The van der Waals surface area contributed by atoms with Crippen LogP contribution in [-0.4, -0.2) is 66.9 Å². The molecule has 1 heterocycles. The summed E-state index contributed by atoms with van der Waals surface area (Å²) in [6.07, 6.45) is 3.29. The third kappa shape index (κ3) is 6.91. The van der Waals surface area contributed by atoms with Crippen LogP contribution in [0.4, 0.5) is 0 Å². The van der Waals surface area contributed by atoms with E-state index < -0.39 is 0 Å². The van der Waals surface area contributed by atoms with Gasteiger partial charge < -0.3 is 16.0 Å². The molecule has 1 rings (SSSR count). The van der Waals surface area contributed by atoms with Gasteiger partial charge in [-0.3, -0.25) is 14.5 Å². The Balaban J connectivity index is 2.25. The molecule has 1 aliphatic heterocycles. The summed E-state index contributed by atoms with van der Waals surface area (Å²) < 4.78 is 0. The van der Waals surface area contributed by atoms with Gasteiger partial charge in [0.2, 0.25) is 11.8 Å². The van der Waals surface area contributed by atoms with Crippen LogP contribution < -0.4 is 11.1 Å². The van der Waals surface area contributed by atoms with Crippen molar-refractivity contribution in [3.63, 3.8) is 0 Å². The van der Waals surface area contributed by atoms with Gasteiger partial charge in [0, 0.05) is 45.2 Å². The molecule has 0 aliphatic carbocycles. The number of rotatable bonds is 8. The molecule has 1 saturated heterocycles. The van der Waals surface area contributed by atoms with Crippen molar-refractivity contribution in [1.82, 2.24) is 15.1 Å². The van der Waals surface area contributed by atoms with Crippen LogP contribution in [0.2, 0.25) is 0 Å². The van der Waals surface area contributed by atoms with Gasteiger partial charge in [0.05, 0.1) is 6.54 Å². The van der Waals surface area contributed by atoms with Crippen LogP contribution in [0.15, 0.2) is 0 Å². The Bertz CT molecular complexity index is 328. The summed E-state index contributed by atoms with van der Waals surface area (Å²) in [5.74, 6) is 0.215. The second-order valence-electron chi connectivity index (χ2n) is 5.76. The molecule has 6 nitrogen and oxygen atoms in total. The zero-order valence-corrected chi connectivity index (χ0v) is 13.4. The number of nitrogens with two attached hydrogens (primary N) is 1. The van der Waals surface area contributed by atoms with Crippen LogP contribution >= 0.6 is 0 Å². The lowest BCUT2D eigenvalue weighted by molar-refractivity contribution is -0.133. The minimum absolute atomic E-state index is 0.0275. The maximum atomic E-state index is 12.1. The number of hydrogen-bond donors (Lipinski definition) is 2. The van der Waals surface area contributed by atoms with E-state index in [0.29, 0.717) is 26.1 Å². The first kappa shape index (κ1) is 17.9. The molecule has 0 aromatic heterocycles. The molecule has 0 saturated carbocycles. The predicted octanol–water partition coefficient (Wildman–Crippen LogP) is 0.174. The van der Waals surface area contributed by atoms with Gasteiger partial charge in [-0.15, -0.1) is 0 Å². The Kier molecular flexibility index (Phi) is 8.30. The van der Waals surface area contributed by atoms with E-state index in [1.54, 1.807) is 0 Å². The van der Waals surface area contributed by atoms with E-state index in [1.807, 2.05) is 11.8 Å². The Hall–Kier alpha value is -1.14. The first-order valence-electron chi connectivity index (χ1n) is 8.09. The van der Waals surface area contributed by atoms with Crippen LogP contribution in [0.3, 0.4) is 0 Å². The van der Waals surface area contributed by atoms with Gasteiger partial charge in [0.25, 0.3) is 0 Å². The minimum Gasteiger partial charge on any atom is -0.355 e. The van der Waals surface area contributed by atoms with Crippen LogP contribution in [0.1, 0.15) is 39.5 Å². The van der Waals surface area contributed by atoms with Crippen LogP contribution in [0.5, 0.6) is 0 Å². The van der Waals surface area contributed by atoms with E-state index in [4.69, 9.17) is 5.73 Å². The number of piperazine rings is 1. The number of nitrogens with zero attached hydrogens (tertiary/aromatic N) is 2. The van der Waals surface area contributed by atoms with Crippen molar-refractivity contribution >= 4 is 11.8 Å². The fourth-order valence-corrected chi connectivity index (χ4v) is 2.51. The minimum atomic E-state index is -0.0275. The zero-order valence-electron chi connectivity index (χ0n) is 13.4. The van der Waals surface area contributed by atoms with E-state index >= 15 is 0 Å². The molecule has 0 spiro atoms. The highest BCUT2D eigenvalue weighted by Crippen LogP contribution is 2.07. The topological polar surface area (TPSA) is 78.7 Å². The predicted molar refractivity (Wildman–Crippen MR) is 83.8 cm³/mol. The Labute approximate surface area is 128 Å². The standard InChI is InChI=1S/C15H30N4O2/c1-3-5-13(16)11-15(21)19-9-7-18(8-10-19)12-14(20)17-6-4-2/h13H,3-12,16H2,1-2H3,(H,17,20). The van der Waals surface area contributed by atoms with Crippen LogP contribution in [0, 0.1) is 0 Å². The van der Waals surface area contributed by atoms with Crippen LogP contribution in [-0.2, 0) is 9.59 Å². The fourth-order valence-electron chi connectivity index (χ4n) is 2.51. The average molecular weight is 298 g/mol. The Morgan fingerprint density at radius 2 is 1.81 bits per heavy atom. The molecule has 6 heteroatoms. The van der Waals surface area contributed by atoms with Gasteiger partial charge in [-0.05, 0) is 12.8 Å². The third-order valence-corrected chi connectivity index (χ3v) is 3.76. The molecule has 2 amide bonds. The summed E-state index contributed by atoms with van der Waals surface area (Å²) in [6, 6.07) is -0.0275. The van der Waals surface area contributed by atoms with Gasteiger partial charge in [0.1, 0.15) is 0 Å². The molecular formula is C15H30N4O2. The number of nitrogens with one attached hydrogen (secondary N) is 1. The SMILES string of the molecule is CCCNC(=O)CN1CCN(C(=O)CC(N)CCC)CC1. The van der Waals surface area contributed by atoms with Crippen molar-refractivity contribution in [3.05, 3.63) is 0 Å². The summed E-state index contributed by atoms with van der Waals surface area (Å²) in [4.78, 5) is 27.7. The summed E-state index contributed by atoms with van der Waals surface area (Å²) >= 11 is 0. The highest BCUT2D eigenvalue weighted by molar-refractivity contribution is 5.78. The molecule has 0 aromatic carbocycles. The second-order valence-corrected chi connectivity index (χ2v) is 5.76. The average Bonchev–Trinajstić information content (AvgIpc) is 2.46. The molecule has 122 valence electrons. The van der Waals surface area contributed by atoms with Crippen molar-refractivity contribution in [1.29, 1.82) is 0 Å². The van der Waals surface area contributed by atoms with E-state index in [0.717, 1.165) is 38.9 Å². The Morgan fingerprint density at radius 1 is 1.14 bits per heavy atom. The maximum Gasteiger partial charge on any atom is 0.234 e. The molecule has 0 aromatic rings. The Morgan fingerprint density at radius 3 is 2.38 bits per heavy atom. The molecule has 0 radical (unpaired) electrons. The van der Waals surface area contributed by atoms with Crippen molar-refractivity contribution in [2.75, 3.05) is 39.3 Å². The maximum absolute atomic E-state index is 12.1. The molecule has 1 fully saturated rings. The fraction of sp³-hybridized carbons (Fsp3) is 0.867. The number of carbonyl (C=O) groups excluding carboxylic acids is 2.